The van der Waals surface area contributed by atoms with Crippen LogP contribution in [0.5, 0.6) is 0 Å². The topological polar surface area (TPSA) is 96.0 Å². The van der Waals surface area contributed by atoms with E-state index in [9.17, 15) is 18.0 Å². The first-order chi connectivity index (χ1) is 20.4. The number of sulfonamides is 1. The molecule has 1 fully saturated rings. The van der Waals surface area contributed by atoms with E-state index >= 15 is 0 Å². The zero-order valence-corrected chi connectivity index (χ0v) is 25.1. The number of benzene rings is 3. The van der Waals surface area contributed by atoms with Gasteiger partial charge in [-0.05, 0) is 54.5 Å². The number of aryl methyl sites for hydroxylation is 1. The quantitative estimate of drug-likeness (QED) is 0.268. The first-order valence-electron chi connectivity index (χ1n) is 14.6. The van der Waals surface area contributed by atoms with Gasteiger partial charge < -0.3 is 15.0 Å². The van der Waals surface area contributed by atoms with Crippen LogP contribution in [-0.2, 0) is 43.7 Å². The summed E-state index contributed by atoms with van der Waals surface area (Å²) >= 11 is 0. The lowest BCUT2D eigenvalue weighted by molar-refractivity contribution is -0.141. The van der Waals surface area contributed by atoms with Gasteiger partial charge in [0.2, 0.25) is 21.8 Å². The van der Waals surface area contributed by atoms with E-state index < -0.39 is 16.1 Å². The number of amides is 2. The van der Waals surface area contributed by atoms with Crippen LogP contribution in [-0.4, -0.2) is 68.8 Å². The lowest BCUT2D eigenvalue weighted by Gasteiger charge is -2.31. The van der Waals surface area contributed by atoms with Gasteiger partial charge in [0.25, 0.3) is 0 Å². The van der Waals surface area contributed by atoms with Gasteiger partial charge in [0.15, 0.2) is 0 Å². The van der Waals surface area contributed by atoms with Crippen molar-refractivity contribution in [2.45, 2.75) is 56.0 Å². The molecule has 1 saturated heterocycles. The molecule has 0 radical (unpaired) electrons. The summed E-state index contributed by atoms with van der Waals surface area (Å²) < 4.78 is 32.4. The monoisotopic (exact) mass is 591 g/mol. The highest BCUT2D eigenvalue weighted by atomic mass is 32.2. The molecule has 0 aromatic heterocycles. The average Bonchev–Trinajstić information content (AvgIpc) is 3.57. The summed E-state index contributed by atoms with van der Waals surface area (Å²) in [6.07, 6.45) is 3.45. The maximum atomic E-state index is 13.9. The fourth-order valence-electron chi connectivity index (χ4n) is 5.18. The van der Waals surface area contributed by atoms with E-state index in [-0.39, 0.29) is 23.1 Å². The highest BCUT2D eigenvalue weighted by molar-refractivity contribution is 7.89. The van der Waals surface area contributed by atoms with Crippen LogP contribution in [0.3, 0.4) is 0 Å². The lowest BCUT2D eigenvalue weighted by atomic mass is 10.0. The van der Waals surface area contributed by atoms with Crippen molar-refractivity contribution in [2.75, 3.05) is 33.4 Å². The Hall–Kier alpha value is -3.53. The maximum absolute atomic E-state index is 13.9. The third kappa shape index (κ3) is 8.74. The second kappa shape index (κ2) is 15.6. The Morgan fingerprint density at radius 1 is 0.881 bits per heavy atom. The highest BCUT2D eigenvalue weighted by Crippen LogP contribution is 2.22. The Labute approximate surface area is 249 Å². The molecule has 1 aliphatic rings. The zero-order valence-electron chi connectivity index (χ0n) is 24.3. The fourth-order valence-corrected chi connectivity index (χ4v) is 6.70. The van der Waals surface area contributed by atoms with Crippen LogP contribution in [0.15, 0.2) is 89.8 Å². The molecule has 8 nitrogen and oxygen atoms in total. The predicted molar refractivity (Wildman–Crippen MR) is 163 cm³/mol. The summed E-state index contributed by atoms with van der Waals surface area (Å²) in [5.74, 6) is -0.337. The molecule has 1 N–H and O–H groups in total. The summed E-state index contributed by atoms with van der Waals surface area (Å²) in [6, 6.07) is 25.5. The van der Waals surface area contributed by atoms with Crippen LogP contribution in [0.2, 0.25) is 0 Å². The van der Waals surface area contributed by atoms with Crippen LogP contribution in [0.25, 0.3) is 0 Å². The van der Waals surface area contributed by atoms with Gasteiger partial charge >= 0.3 is 0 Å². The second-order valence-electron chi connectivity index (χ2n) is 10.6. The third-order valence-electron chi connectivity index (χ3n) is 7.55. The zero-order chi connectivity index (χ0) is 29.8. The summed E-state index contributed by atoms with van der Waals surface area (Å²) in [5.41, 5.74) is 2.77. The van der Waals surface area contributed by atoms with Gasteiger partial charge in [0.1, 0.15) is 6.04 Å². The number of carbonyl (C=O) groups excluding carboxylic acids is 2. The van der Waals surface area contributed by atoms with Crippen LogP contribution in [0.4, 0.5) is 0 Å². The molecule has 42 heavy (non-hydrogen) atoms. The van der Waals surface area contributed by atoms with Crippen molar-refractivity contribution >= 4 is 21.8 Å². The van der Waals surface area contributed by atoms with Gasteiger partial charge in [-0.2, -0.15) is 4.31 Å². The largest absolute Gasteiger partial charge is 0.385 e. The molecule has 2 amide bonds. The molecule has 3 aromatic rings. The van der Waals surface area contributed by atoms with Crippen LogP contribution >= 0.6 is 0 Å². The Morgan fingerprint density at radius 2 is 1.50 bits per heavy atom. The molecule has 9 heteroatoms. The molecular formula is C33H41N3O5S. The van der Waals surface area contributed by atoms with Crippen LogP contribution in [0, 0.1) is 0 Å². The summed E-state index contributed by atoms with van der Waals surface area (Å²) in [5, 5.41) is 3.00. The van der Waals surface area contributed by atoms with E-state index in [4.69, 9.17) is 4.74 Å². The molecule has 1 heterocycles. The van der Waals surface area contributed by atoms with Gasteiger partial charge in [0, 0.05) is 52.7 Å². The van der Waals surface area contributed by atoms with Gasteiger partial charge in [-0.15, -0.1) is 0 Å². The van der Waals surface area contributed by atoms with E-state index in [1.165, 1.54) is 4.31 Å². The van der Waals surface area contributed by atoms with E-state index in [0.717, 1.165) is 29.5 Å². The number of carbonyl (C=O) groups is 2. The minimum atomic E-state index is -3.49. The SMILES string of the molecule is COCCCNC(=O)[C@H](Cc1ccccc1)N(Cc1ccccc1)C(=O)CCc1ccc(S(=O)(=O)N2CCCC2)cc1. The maximum Gasteiger partial charge on any atom is 0.243 e. The Bertz CT molecular complexity index is 1380. The standard InChI is InChI=1S/C33H41N3O5S/c1-41-24-10-21-34-33(38)31(25-28-11-4-2-5-12-28)36(26-29-13-6-3-7-14-29)32(37)20-17-27-15-18-30(19-16-27)42(39,40)35-22-8-9-23-35/h2-7,11-16,18-19,31H,8-10,17,20-26H2,1H3,(H,34,38)/t31-/m0/s1. The molecule has 4 rings (SSSR count). The smallest absolute Gasteiger partial charge is 0.243 e. The number of nitrogens with zero attached hydrogens (tertiary/aromatic N) is 2. The first kappa shape index (κ1) is 31.4. The van der Waals surface area contributed by atoms with Crippen LogP contribution < -0.4 is 5.32 Å². The molecule has 224 valence electrons. The highest BCUT2D eigenvalue weighted by Gasteiger charge is 2.30. The lowest BCUT2D eigenvalue weighted by Crippen LogP contribution is -2.50. The summed E-state index contributed by atoms with van der Waals surface area (Å²) in [7, 11) is -1.87. The Morgan fingerprint density at radius 3 is 2.12 bits per heavy atom. The van der Waals surface area contributed by atoms with Gasteiger partial charge in [-0.3, -0.25) is 9.59 Å². The molecule has 0 spiro atoms. The van der Waals surface area contributed by atoms with Crippen molar-refractivity contribution in [3.05, 3.63) is 102 Å². The minimum Gasteiger partial charge on any atom is -0.385 e. The van der Waals surface area contributed by atoms with Gasteiger partial charge in [0.05, 0.1) is 4.90 Å². The number of hydrogen-bond donors (Lipinski definition) is 1. The molecule has 0 unspecified atom stereocenters. The normalized spacial score (nSPS) is 14.4. The summed E-state index contributed by atoms with van der Waals surface area (Å²) in [4.78, 5) is 29.4. The van der Waals surface area contributed by atoms with Crippen LogP contribution in [0.1, 0.15) is 42.4 Å². The molecule has 0 bridgehead atoms. The minimum absolute atomic E-state index is 0.138. The van der Waals surface area contributed by atoms with Crippen molar-refractivity contribution < 1.29 is 22.7 Å². The molecule has 3 aromatic carbocycles. The van der Waals surface area contributed by atoms with E-state index in [2.05, 4.69) is 5.32 Å². The van der Waals surface area contributed by atoms with Crippen molar-refractivity contribution in [3.63, 3.8) is 0 Å². The number of hydrogen-bond acceptors (Lipinski definition) is 5. The number of nitrogens with one attached hydrogen (secondary N) is 1. The van der Waals surface area contributed by atoms with E-state index in [1.807, 2.05) is 60.7 Å². The summed E-state index contributed by atoms with van der Waals surface area (Å²) in [6.45, 7) is 2.40. The van der Waals surface area contributed by atoms with Gasteiger partial charge in [-0.1, -0.05) is 72.8 Å². The Balaban J connectivity index is 1.51. The van der Waals surface area contributed by atoms with E-state index in [1.54, 1.807) is 36.3 Å². The van der Waals surface area contributed by atoms with Gasteiger partial charge in [-0.25, -0.2) is 8.42 Å². The van der Waals surface area contributed by atoms with Crippen molar-refractivity contribution in [1.82, 2.24) is 14.5 Å². The van der Waals surface area contributed by atoms with Crippen molar-refractivity contribution in [3.8, 4) is 0 Å². The molecule has 0 saturated carbocycles. The predicted octanol–water partition coefficient (Wildman–Crippen LogP) is 4.20. The Kier molecular flexibility index (Phi) is 11.7. The van der Waals surface area contributed by atoms with Crippen molar-refractivity contribution in [1.29, 1.82) is 0 Å². The second-order valence-corrected chi connectivity index (χ2v) is 12.5. The number of rotatable bonds is 15. The molecule has 1 atom stereocenters. The molecule has 0 aliphatic carbocycles. The number of ether oxygens (including phenoxy) is 1. The number of methoxy groups -OCH3 is 1. The first-order valence-corrected chi connectivity index (χ1v) is 16.1. The molecular weight excluding hydrogens is 550 g/mol. The third-order valence-corrected chi connectivity index (χ3v) is 9.46. The molecule has 1 aliphatic heterocycles. The average molecular weight is 592 g/mol. The van der Waals surface area contributed by atoms with Crippen molar-refractivity contribution in [2.24, 2.45) is 0 Å². The van der Waals surface area contributed by atoms with E-state index in [0.29, 0.717) is 52.0 Å². The fraction of sp³-hybridized carbons (Fsp3) is 0.394.